The molecule has 0 aliphatic rings. The van der Waals surface area contributed by atoms with Gasteiger partial charge in [0.2, 0.25) is 0 Å². The fraction of sp³-hybridized carbons (Fsp3) is 0.115. The van der Waals surface area contributed by atoms with Crippen molar-refractivity contribution < 1.29 is 28.5 Å². The molecule has 0 saturated heterocycles. The third-order valence-corrected chi connectivity index (χ3v) is 5.07. The molecule has 3 aromatic carbocycles. The number of rotatable bonds is 7. The fourth-order valence-corrected chi connectivity index (χ4v) is 3.49. The Labute approximate surface area is 196 Å². The number of hydrogen-bond acceptors (Lipinski definition) is 7. The molecule has 0 saturated carbocycles. The predicted molar refractivity (Wildman–Crippen MR) is 125 cm³/mol. The van der Waals surface area contributed by atoms with Crippen LogP contribution in [0.25, 0.3) is 16.9 Å². The van der Waals surface area contributed by atoms with E-state index in [4.69, 9.17) is 18.9 Å². The molecule has 34 heavy (non-hydrogen) atoms. The quantitative estimate of drug-likeness (QED) is 0.364. The first-order chi connectivity index (χ1) is 16.6. The van der Waals surface area contributed by atoms with E-state index in [-0.39, 0.29) is 17.0 Å². The molecular formula is C26H22N2O6. The Morgan fingerprint density at radius 2 is 1.44 bits per heavy atom. The average molecular weight is 458 g/mol. The average Bonchev–Trinajstić information content (AvgIpc) is 3.29. The highest BCUT2D eigenvalue weighted by Gasteiger charge is 2.32. The van der Waals surface area contributed by atoms with Gasteiger partial charge in [0.05, 0.1) is 27.0 Å². The summed E-state index contributed by atoms with van der Waals surface area (Å²) < 4.78 is 22.8. The van der Waals surface area contributed by atoms with Crippen LogP contribution in [0.3, 0.4) is 0 Å². The van der Waals surface area contributed by atoms with Gasteiger partial charge in [0.15, 0.2) is 5.69 Å². The lowest BCUT2D eigenvalue weighted by atomic mass is 10.0. The molecule has 0 N–H and O–H groups in total. The van der Waals surface area contributed by atoms with Crippen molar-refractivity contribution in [3.05, 3.63) is 90.1 Å². The monoisotopic (exact) mass is 458 g/mol. The minimum absolute atomic E-state index is 0.0279. The van der Waals surface area contributed by atoms with E-state index in [2.05, 4.69) is 5.10 Å². The highest BCUT2D eigenvalue weighted by atomic mass is 16.5. The summed E-state index contributed by atoms with van der Waals surface area (Å²) in [6, 6.07) is 23.2. The highest BCUT2D eigenvalue weighted by Crippen LogP contribution is 2.37. The van der Waals surface area contributed by atoms with Crippen LogP contribution in [-0.2, 0) is 9.47 Å². The van der Waals surface area contributed by atoms with Crippen LogP contribution in [0, 0.1) is 0 Å². The Balaban J connectivity index is 1.94. The van der Waals surface area contributed by atoms with Crippen molar-refractivity contribution in [2.45, 2.75) is 0 Å². The van der Waals surface area contributed by atoms with Gasteiger partial charge < -0.3 is 18.9 Å². The van der Waals surface area contributed by atoms with Crippen molar-refractivity contribution in [3.8, 4) is 34.2 Å². The first-order valence-corrected chi connectivity index (χ1v) is 10.3. The van der Waals surface area contributed by atoms with Crippen LogP contribution in [0.4, 0.5) is 0 Å². The van der Waals surface area contributed by atoms with Crippen molar-refractivity contribution >= 4 is 11.9 Å². The number of methoxy groups -OCH3 is 3. The normalized spacial score (nSPS) is 10.4. The third kappa shape index (κ3) is 4.33. The Bertz CT molecular complexity index is 1330. The van der Waals surface area contributed by atoms with Gasteiger partial charge in [-0.3, -0.25) is 0 Å². The molecule has 1 aromatic heterocycles. The Morgan fingerprint density at radius 3 is 2.15 bits per heavy atom. The van der Waals surface area contributed by atoms with Gasteiger partial charge in [-0.2, -0.15) is 5.10 Å². The summed E-state index contributed by atoms with van der Waals surface area (Å²) in [5.74, 6) is 0.131. The van der Waals surface area contributed by atoms with Gasteiger partial charge in [-0.05, 0) is 36.4 Å². The molecule has 0 bridgehead atoms. The Morgan fingerprint density at radius 1 is 0.765 bits per heavy atom. The number of hydrogen-bond donors (Lipinski definition) is 0. The Kier molecular flexibility index (Phi) is 6.59. The lowest BCUT2D eigenvalue weighted by molar-refractivity contribution is 0.0549. The maximum atomic E-state index is 12.9. The fourth-order valence-electron chi connectivity index (χ4n) is 3.49. The van der Waals surface area contributed by atoms with E-state index in [1.54, 1.807) is 79.9 Å². The number of aromatic nitrogens is 2. The lowest BCUT2D eigenvalue weighted by Gasteiger charge is -2.11. The highest BCUT2D eigenvalue weighted by molar-refractivity contribution is 6.07. The molecule has 0 aliphatic carbocycles. The summed E-state index contributed by atoms with van der Waals surface area (Å²) in [6.07, 6.45) is 0. The van der Waals surface area contributed by atoms with Crippen LogP contribution < -0.4 is 9.47 Å². The van der Waals surface area contributed by atoms with E-state index >= 15 is 0 Å². The lowest BCUT2D eigenvalue weighted by Crippen LogP contribution is -2.15. The Hall–Kier alpha value is -4.59. The SMILES string of the molecule is COC(=O)c1c(-c2ccccc2Oc2cccc(OC)c2)nn(-c2ccccc2)c1C(=O)OC. The predicted octanol–water partition coefficient (Wildman–Crippen LogP) is 4.91. The second-order valence-electron chi connectivity index (χ2n) is 7.08. The summed E-state index contributed by atoms with van der Waals surface area (Å²) in [5, 5.41) is 4.64. The molecule has 4 aromatic rings. The zero-order chi connectivity index (χ0) is 24.1. The maximum Gasteiger partial charge on any atom is 0.357 e. The summed E-state index contributed by atoms with van der Waals surface area (Å²) in [5.41, 5.74) is 1.21. The van der Waals surface area contributed by atoms with Crippen molar-refractivity contribution in [2.75, 3.05) is 21.3 Å². The van der Waals surface area contributed by atoms with Crippen LogP contribution in [-0.4, -0.2) is 43.0 Å². The zero-order valence-corrected chi connectivity index (χ0v) is 18.8. The van der Waals surface area contributed by atoms with Crippen LogP contribution in [0.2, 0.25) is 0 Å². The van der Waals surface area contributed by atoms with Crippen molar-refractivity contribution in [1.29, 1.82) is 0 Å². The molecule has 1 heterocycles. The van der Waals surface area contributed by atoms with Gasteiger partial charge in [0.1, 0.15) is 28.5 Å². The molecule has 8 heteroatoms. The molecule has 0 amide bonds. The molecule has 0 radical (unpaired) electrons. The molecule has 4 rings (SSSR count). The second-order valence-corrected chi connectivity index (χ2v) is 7.08. The van der Waals surface area contributed by atoms with Gasteiger partial charge in [-0.1, -0.05) is 36.4 Å². The summed E-state index contributed by atoms with van der Waals surface area (Å²) >= 11 is 0. The first kappa shape index (κ1) is 22.6. The first-order valence-electron chi connectivity index (χ1n) is 10.3. The number of para-hydroxylation sites is 2. The number of carbonyl (C=O) groups is 2. The van der Waals surface area contributed by atoms with Gasteiger partial charge in [0.25, 0.3) is 0 Å². The number of carbonyl (C=O) groups excluding carboxylic acids is 2. The van der Waals surface area contributed by atoms with Crippen LogP contribution in [0.15, 0.2) is 78.9 Å². The van der Waals surface area contributed by atoms with Crippen molar-refractivity contribution in [3.63, 3.8) is 0 Å². The van der Waals surface area contributed by atoms with E-state index in [1.807, 2.05) is 6.07 Å². The number of benzene rings is 3. The largest absolute Gasteiger partial charge is 0.497 e. The van der Waals surface area contributed by atoms with Crippen molar-refractivity contribution in [1.82, 2.24) is 9.78 Å². The summed E-state index contributed by atoms with van der Waals surface area (Å²) in [7, 11) is 4.05. The topological polar surface area (TPSA) is 88.9 Å². The molecule has 0 fully saturated rings. The van der Waals surface area contributed by atoms with E-state index in [0.717, 1.165) is 0 Å². The summed E-state index contributed by atoms with van der Waals surface area (Å²) in [6.45, 7) is 0. The molecule has 0 unspecified atom stereocenters. The maximum absolute atomic E-state index is 12.9. The zero-order valence-electron chi connectivity index (χ0n) is 18.8. The van der Waals surface area contributed by atoms with Crippen LogP contribution in [0.5, 0.6) is 17.2 Å². The standard InChI is InChI=1S/C26H22N2O6/c1-31-18-12-9-13-19(16-18)34-21-15-8-7-14-20(21)23-22(25(29)32-2)24(26(30)33-3)28(27-23)17-10-5-4-6-11-17/h4-16H,1-3H3. The van der Waals surface area contributed by atoms with E-state index in [9.17, 15) is 9.59 Å². The number of ether oxygens (including phenoxy) is 4. The number of esters is 2. The molecule has 8 nitrogen and oxygen atoms in total. The van der Waals surface area contributed by atoms with E-state index in [1.165, 1.54) is 18.9 Å². The molecule has 172 valence electrons. The van der Waals surface area contributed by atoms with Gasteiger partial charge >= 0.3 is 11.9 Å². The van der Waals surface area contributed by atoms with E-state index < -0.39 is 11.9 Å². The molecule has 0 atom stereocenters. The minimum Gasteiger partial charge on any atom is -0.497 e. The van der Waals surface area contributed by atoms with Gasteiger partial charge in [-0.15, -0.1) is 0 Å². The molecule has 0 spiro atoms. The number of nitrogens with zero attached hydrogens (tertiary/aromatic N) is 2. The van der Waals surface area contributed by atoms with E-state index in [0.29, 0.717) is 28.5 Å². The smallest absolute Gasteiger partial charge is 0.357 e. The third-order valence-electron chi connectivity index (χ3n) is 5.07. The van der Waals surface area contributed by atoms with Crippen LogP contribution in [0.1, 0.15) is 20.8 Å². The minimum atomic E-state index is -0.728. The second kappa shape index (κ2) is 9.91. The molecule has 0 aliphatic heterocycles. The van der Waals surface area contributed by atoms with Gasteiger partial charge in [0, 0.05) is 11.6 Å². The summed E-state index contributed by atoms with van der Waals surface area (Å²) in [4.78, 5) is 25.7. The molecular weight excluding hydrogens is 436 g/mol. The van der Waals surface area contributed by atoms with Gasteiger partial charge in [-0.25, -0.2) is 14.3 Å². The van der Waals surface area contributed by atoms with Crippen molar-refractivity contribution in [2.24, 2.45) is 0 Å². The van der Waals surface area contributed by atoms with Crippen LogP contribution >= 0.6 is 0 Å².